The molecule has 0 saturated heterocycles. The van der Waals surface area contributed by atoms with Gasteiger partial charge in [-0.3, -0.25) is 0 Å². The summed E-state index contributed by atoms with van der Waals surface area (Å²) in [5.41, 5.74) is 5.47. The first-order valence-electron chi connectivity index (χ1n) is 13.0. The second-order valence-corrected chi connectivity index (χ2v) is 10.2. The Morgan fingerprint density at radius 1 is 0.421 bits per heavy atom. The molecule has 2 heteroatoms. The van der Waals surface area contributed by atoms with Crippen LogP contribution >= 0.6 is 0 Å². The minimum atomic E-state index is 0.925. The Labute approximate surface area is 217 Å². The first-order chi connectivity index (χ1) is 18.8. The molecule has 0 radical (unpaired) electrons. The molecule has 0 atom stereocenters. The molecular weight excluding hydrogens is 462 g/mol. The van der Waals surface area contributed by atoms with E-state index in [2.05, 4.69) is 126 Å². The summed E-state index contributed by atoms with van der Waals surface area (Å²) in [5.74, 6) is 0. The van der Waals surface area contributed by atoms with Crippen molar-refractivity contribution in [3.63, 3.8) is 0 Å². The molecule has 0 saturated carbocycles. The minimum Gasteiger partial charge on any atom is -0.456 e. The molecule has 38 heavy (non-hydrogen) atoms. The first-order valence-corrected chi connectivity index (χ1v) is 13.0. The van der Waals surface area contributed by atoms with E-state index < -0.39 is 0 Å². The lowest BCUT2D eigenvalue weighted by molar-refractivity contribution is 0.669. The molecule has 0 fully saturated rings. The zero-order valence-electron chi connectivity index (χ0n) is 20.5. The molecule has 7 aromatic carbocycles. The molecule has 2 aromatic heterocycles. The van der Waals surface area contributed by atoms with Crippen LogP contribution < -0.4 is 0 Å². The second kappa shape index (κ2) is 7.24. The van der Waals surface area contributed by atoms with E-state index in [1.807, 2.05) is 6.07 Å². The number of hydrogen-bond acceptors (Lipinski definition) is 1. The zero-order chi connectivity index (χ0) is 24.8. The van der Waals surface area contributed by atoms with E-state index >= 15 is 0 Å². The molecule has 176 valence electrons. The fraction of sp³-hybridized carbons (Fsp3) is 0. The predicted molar refractivity (Wildman–Crippen MR) is 161 cm³/mol. The normalized spacial score (nSPS) is 12.2. The summed E-state index contributed by atoms with van der Waals surface area (Å²) in [5, 5.41) is 12.3. The van der Waals surface area contributed by atoms with Gasteiger partial charge in [-0.15, -0.1) is 0 Å². The average Bonchev–Trinajstić information content (AvgIpc) is 3.51. The molecule has 2 nitrogen and oxygen atoms in total. The molecule has 0 aliphatic carbocycles. The monoisotopic (exact) mass is 483 g/mol. The lowest BCUT2D eigenvalue weighted by Crippen LogP contribution is -1.95. The van der Waals surface area contributed by atoms with Gasteiger partial charge in [0, 0.05) is 32.6 Å². The van der Waals surface area contributed by atoms with Crippen LogP contribution in [-0.2, 0) is 0 Å². The Hall–Kier alpha value is -5.08. The molecule has 0 aliphatic heterocycles. The predicted octanol–water partition coefficient (Wildman–Crippen LogP) is 10.1. The highest BCUT2D eigenvalue weighted by Crippen LogP contribution is 2.40. The molecule has 0 bridgehead atoms. The van der Waals surface area contributed by atoms with Gasteiger partial charge in [-0.1, -0.05) is 91.0 Å². The van der Waals surface area contributed by atoms with Crippen LogP contribution in [0.1, 0.15) is 0 Å². The topological polar surface area (TPSA) is 18.1 Å². The Morgan fingerprint density at radius 2 is 1.11 bits per heavy atom. The summed E-state index contributed by atoms with van der Waals surface area (Å²) in [6.45, 7) is 0. The van der Waals surface area contributed by atoms with Crippen LogP contribution in [0.3, 0.4) is 0 Å². The number of nitrogens with zero attached hydrogens (tertiary/aromatic N) is 1. The third-order valence-electron chi connectivity index (χ3n) is 8.12. The number of hydrogen-bond donors (Lipinski definition) is 0. The van der Waals surface area contributed by atoms with E-state index in [1.165, 1.54) is 59.5 Å². The second-order valence-electron chi connectivity index (χ2n) is 10.2. The van der Waals surface area contributed by atoms with Crippen LogP contribution in [0.15, 0.2) is 132 Å². The van der Waals surface area contributed by atoms with Gasteiger partial charge in [0.15, 0.2) is 0 Å². The molecule has 0 N–H and O–H groups in total. The van der Waals surface area contributed by atoms with Gasteiger partial charge in [0.25, 0.3) is 0 Å². The number of fused-ring (bicyclic) bond motifs is 11. The fourth-order valence-electron chi connectivity index (χ4n) is 6.40. The molecule has 0 spiro atoms. The van der Waals surface area contributed by atoms with Crippen molar-refractivity contribution in [3.05, 3.63) is 127 Å². The van der Waals surface area contributed by atoms with Crippen molar-refractivity contribution in [2.45, 2.75) is 0 Å². The van der Waals surface area contributed by atoms with Crippen molar-refractivity contribution in [2.75, 3.05) is 0 Å². The number of aromatic nitrogens is 1. The third kappa shape index (κ3) is 2.61. The maximum Gasteiger partial charge on any atom is 0.136 e. The number of benzene rings is 7. The number of rotatable bonds is 1. The average molecular weight is 484 g/mol. The Morgan fingerprint density at radius 3 is 2.00 bits per heavy atom. The van der Waals surface area contributed by atoms with Crippen LogP contribution in [0, 0.1) is 0 Å². The summed E-state index contributed by atoms with van der Waals surface area (Å²) < 4.78 is 8.69. The van der Waals surface area contributed by atoms with Crippen molar-refractivity contribution in [2.24, 2.45) is 0 Å². The Bertz CT molecular complexity index is 2400. The highest BCUT2D eigenvalue weighted by Gasteiger charge is 2.17. The fourth-order valence-corrected chi connectivity index (χ4v) is 6.40. The molecule has 0 amide bonds. The van der Waals surface area contributed by atoms with Gasteiger partial charge in [0.1, 0.15) is 11.2 Å². The Balaban J connectivity index is 1.48. The smallest absolute Gasteiger partial charge is 0.136 e. The SMILES string of the molecule is c1ccc2cc3c(cc2c1)c1ccc2ccccc2c1n3-c1ccc2ccc3oc4ccccc4c3c2c1. The summed E-state index contributed by atoms with van der Waals surface area (Å²) in [4.78, 5) is 0. The number of para-hydroxylation sites is 1. The molecule has 2 heterocycles. The maximum absolute atomic E-state index is 6.23. The van der Waals surface area contributed by atoms with Crippen molar-refractivity contribution in [1.29, 1.82) is 0 Å². The van der Waals surface area contributed by atoms with Gasteiger partial charge in [-0.05, 0) is 63.3 Å². The molecule has 0 aliphatic rings. The number of furan rings is 1. The van der Waals surface area contributed by atoms with E-state index in [4.69, 9.17) is 4.42 Å². The molecule has 9 aromatic rings. The van der Waals surface area contributed by atoms with Crippen molar-refractivity contribution >= 4 is 76.1 Å². The van der Waals surface area contributed by atoms with Crippen LogP contribution in [0.25, 0.3) is 81.7 Å². The maximum atomic E-state index is 6.23. The summed E-state index contributed by atoms with van der Waals surface area (Å²) in [7, 11) is 0. The molecular formula is C36H21NO. The van der Waals surface area contributed by atoms with E-state index in [-0.39, 0.29) is 0 Å². The van der Waals surface area contributed by atoms with Gasteiger partial charge < -0.3 is 8.98 Å². The largest absolute Gasteiger partial charge is 0.456 e. The quantitative estimate of drug-likeness (QED) is 0.227. The van der Waals surface area contributed by atoms with Crippen LogP contribution in [0.4, 0.5) is 0 Å². The van der Waals surface area contributed by atoms with Crippen molar-refractivity contribution in [1.82, 2.24) is 4.57 Å². The van der Waals surface area contributed by atoms with Gasteiger partial charge in [-0.2, -0.15) is 0 Å². The van der Waals surface area contributed by atoms with E-state index in [0.717, 1.165) is 22.2 Å². The van der Waals surface area contributed by atoms with Gasteiger partial charge in [-0.25, -0.2) is 0 Å². The van der Waals surface area contributed by atoms with Gasteiger partial charge >= 0.3 is 0 Å². The van der Waals surface area contributed by atoms with Gasteiger partial charge in [0.05, 0.1) is 11.0 Å². The van der Waals surface area contributed by atoms with Crippen LogP contribution in [0.2, 0.25) is 0 Å². The molecule has 9 rings (SSSR count). The molecule has 0 unspecified atom stereocenters. The summed E-state index contributed by atoms with van der Waals surface area (Å²) >= 11 is 0. The van der Waals surface area contributed by atoms with E-state index in [9.17, 15) is 0 Å². The third-order valence-corrected chi connectivity index (χ3v) is 8.12. The zero-order valence-corrected chi connectivity index (χ0v) is 20.5. The highest BCUT2D eigenvalue weighted by atomic mass is 16.3. The minimum absolute atomic E-state index is 0.925. The summed E-state index contributed by atoms with van der Waals surface area (Å²) in [6, 6.07) is 46.0. The van der Waals surface area contributed by atoms with Crippen molar-refractivity contribution < 1.29 is 4.42 Å². The standard InChI is InChI=1S/C36H21NO/c1-2-9-25-20-32-31(19-24(25)8-1)28-17-14-22-7-3-4-10-27(22)36(28)37(32)26-16-13-23-15-18-34-35(30(23)21-26)29-11-5-6-12-33(29)38-34/h1-21H. The lowest BCUT2D eigenvalue weighted by Gasteiger charge is -2.12. The van der Waals surface area contributed by atoms with E-state index in [1.54, 1.807) is 0 Å². The summed E-state index contributed by atoms with van der Waals surface area (Å²) in [6.07, 6.45) is 0. The first kappa shape index (κ1) is 20.0. The Kier molecular flexibility index (Phi) is 3.82. The van der Waals surface area contributed by atoms with Gasteiger partial charge in [0.2, 0.25) is 0 Å². The van der Waals surface area contributed by atoms with Crippen LogP contribution in [0.5, 0.6) is 0 Å². The van der Waals surface area contributed by atoms with Crippen molar-refractivity contribution in [3.8, 4) is 5.69 Å². The van der Waals surface area contributed by atoms with E-state index in [0.29, 0.717) is 0 Å². The van der Waals surface area contributed by atoms with Crippen LogP contribution in [-0.4, -0.2) is 4.57 Å². The lowest BCUT2D eigenvalue weighted by atomic mass is 10.0. The highest BCUT2D eigenvalue weighted by molar-refractivity contribution is 6.22.